The topological polar surface area (TPSA) is 75.2 Å². The Morgan fingerprint density at radius 3 is 2.80 bits per heavy atom. The zero-order chi connectivity index (χ0) is 14.4. The van der Waals surface area contributed by atoms with Crippen LogP contribution in [-0.4, -0.2) is 28.1 Å². The van der Waals surface area contributed by atoms with Crippen molar-refractivity contribution in [2.24, 2.45) is 12.8 Å². The second-order valence-corrected chi connectivity index (χ2v) is 4.39. The standard InChI is InChI=1S/C14H20N4O2/c1-3-19-13-6-4-5-11(7-8-15)14(13)20-10-12-9-18(2)17-16-12/h4-6,9H,3,7-8,10,15H2,1-2H3. The van der Waals surface area contributed by atoms with Crippen molar-refractivity contribution in [3.8, 4) is 11.5 Å². The molecule has 0 atom stereocenters. The zero-order valence-corrected chi connectivity index (χ0v) is 11.9. The van der Waals surface area contributed by atoms with E-state index in [4.69, 9.17) is 15.2 Å². The van der Waals surface area contributed by atoms with Crippen molar-refractivity contribution < 1.29 is 9.47 Å². The van der Waals surface area contributed by atoms with E-state index in [1.165, 1.54) is 0 Å². The molecule has 0 saturated carbocycles. The fourth-order valence-electron chi connectivity index (χ4n) is 1.95. The van der Waals surface area contributed by atoms with Gasteiger partial charge < -0.3 is 15.2 Å². The Hall–Kier alpha value is -2.08. The van der Waals surface area contributed by atoms with Crippen LogP contribution in [0.4, 0.5) is 0 Å². The van der Waals surface area contributed by atoms with Gasteiger partial charge in [0.05, 0.1) is 12.8 Å². The maximum atomic E-state index is 5.88. The fraction of sp³-hybridized carbons (Fsp3) is 0.429. The Balaban J connectivity index is 2.18. The number of para-hydroxylation sites is 1. The van der Waals surface area contributed by atoms with E-state index in [9.17, 15) is 0 Å². The normalized spacial score (nSPS) is 10.6. The molecule has 0 spiro atoms. The van der Waals surface area contributed by atoms with Gasteiger partial charge in [-0.2, -0.15) is 0 Å². The van der Waals surface area contributed by atoms with Crippen LogP contribution in [0.3, 0.4) is 0 Å². The zero-order valence-electron chi connectivity index (χ0n) is 11.9. The number of hydrogen-bond donors (Lipinski definition) is 1. The van der Waals surface area contributed by atoms with E-state index in [2.05, 4.69) is 10.3 Å². The lowest BCUT2D eigenvalue weighted by atomic mass is 10.1. The summed E-state index contributed by atoms with van der Waals surface area (Å²) in [7, 11) is 1.82. The van der Waals surface area contributed by atoms with E-state index < -0.39 is 0 Å². The molecule has 20 heavy (non-hydrogen) atoms. The highest BCUT2D eigenvalue weighted by Crippen LogP contribution is 2.32. The van der Waals surface area contributed by atoms with Crippen LogP contribution >= 0.6 is 0 Å². The first kappa shape index (κ1) is 14.3. The van der Waals surface area contributed by atoms with Gasteiger partial charge in [0.1, 0.15) is 12.3 Å². The summed E-state index contributed by atoms with van der Waals surface area (Å²) in [6.45, 7) is 3.46. The van der Waals surface area contributed by atoms with Crippen molar-refractivity contribution >= 4 is 0 Å². The first-order valence-electron chi connectivity index (χ1n) is 6.67. The van der Waals surface area contributed by atoms with Crippen LogP contribution in [0.1, 0.15) is 18.2 Å². The van der Waals surface area contributed by atoms with Gasteiger partial charge in [-0.15, -0.1) is 5.10 Å². The molecule has 2 N–H and O–H groups in total. The first-order chi connectivity index (χ1) is 9.74. The lowest BCUT2D eigenvalue weighted by Gasteiger charge is -2.15. The molecular formula is C14H20N4O2. The number of nitrogens with zero attached hydrogens (tertiary/aromatic N) is 3. The second kappa shape index (κ2) is 6.91. The van der Waals surface area contributed by atoms with Crippen molar-refractivity contribution in [2.75, 3.05) is 13.2 Å². The molecule has 6 heteroatoms. The molecule has 0 radical (unpaired) electrons. The minimum Gasteiger partial charge on any atom is -0.490 e. The van der Waals surface area contributed by atoms with E-state index in [-0.39, 0.29) is 0 Å². The van der Waals surface area contributed by atoms with Gasteiger partial charge in [-0.1, -0.05) is 17.3 Å². The van der Waals surface area contributed by atoms with E-state index in [0.717, 1.165) is 29.2 Å². The van der Waals surface area contributed by atoms with Crippen LogP contribution < -0.4 is 15.2 Å². The van der Waals surface area contributed by atoms with Crippen LogP contribution in [-0.2, 0) is 20.1 Å². The summed E-state index contributed by atoms with van der Waals surface area (Å²) in [4.78, 5) is 0. The van der Waals surface area contributed by atoms with E-state index in [1.54, 1.807) is 4.68 Å². The lowest BCUT2D eigenvalue weighted by molar-refractivity contribution is 0.264. The quantitative estimate of drug-likeness (QED) is 0.825. The molecule has 0 aliphatic carbocycles. The lowest BCUT2D eigenvalue weighted by Crippen LogP contribution is -2.07. The summed E-state index contributed by atoms with van der Waals surface area (Å²) in [5.74, 6) is 1.48. The van der Waals surface area contributed by atoms with Crippen molar-refractivity contribution in [3.63, 3.8) is 0 Å². The molecule has 0 saturated heterocycles. The molecule has 0 fully saturated rings. The third-order valence-electron chi connectivity index (χ3n) is 2.79. The van der Waals surface area contributed by atoms with Gasteiger partial charge in [0.25, 0.3) is 0 Å². The molecule has 1 aromatic heterocycles. The predicted octanol–water partition coefficient (Wildman–Crippen LogP) is 1.29. The van der Waals surface area contributed by atoms with E-state index in [1.807, 2.05) is 38.4 Å². The second-order valence-electron chi connectivity index (χ2n) is 4.39. The minimum atomic E-state index is 0.357. The molecule has 0 amide bonds. The van der Waals surface area contributed by atoms with Crippen molar-refractivity contribution in [3.05, 3.63) is 35.7 Å². The number of hydrogen-bond acceptors (Lipinski definition) is 5. The number of aromatic nitrogens is 3. The van der Waals surface area contributed by atoms with Crippen LogP contribution in [0.15, 0.2) is 24.4 Å². The third-order valence-corrected chi connectivity index (χ3v) is 2.79. The fourth-order valence-corrected chi connectivity index (χ4v) is 1.95. The highest BCUT2D eigenvalue weighted by atomic mass is 16.5. The van der Waals surface area contributed by atoms with Crippen LogP contribution in [0.5, 0.6) is 11.5 Å². The van der Waals surface area contributed by atoms with Gasteiger partial charge in [0.15, 0.2) is 11.5 Å². The Bertz CT molecular complexity index is 530. The Kier molecular flexibility index (Phi) is 4.95. The molecule has 0 bridgehead atoms. The molecule has 0 aliphatic rings. The Morgan fingerprint density at radius 2 is 2.15 bits per heavy atom. The smallest absolute Gasteiger partial charge is 0.164 e. The summed E-state index contributed by atoms with van der Waals surface area (Å²) >= 11 is 0. The van der Waals surface area contributed by atoms with Crippen LogP contribution in [0.2, 0.25) is 0 Å². The van der Waals surface area contributed by atoms with Gasteiger partial charge in [-0.05, 0) is 31.5 Å². The SMILES string of the molecule is CCOc1cccc(CCN)c1OCc1cn(C)nn1. The summed E-state index contributed by atoms with van der Waals surface area (Å²) in [6, 6.07) is 5.85. The molecular weight excluding hydrogens is 256 g/mol. The van der Waals surface area contributed by atoms with Crippen molar-refractivity contribution in [2.45, 2.75) is 20.0 Å². The molecule has 6 nitrogen and oxygen atoms in total. The number of ether oxygens (including phenoxy) is 2. The van der Waals surface area contributed by atoms with Crippen LogP contribution in [0.25, 0.3) is 0 Å². The molecule has 2 aromatic rings. The van der Waals surface area contributed by atoms with Gasteiger partial charge in [0, 0.05) is 7.05 Å². The largest absolute Gasteiger partial charge is 0.490 e. The third kappa shape index (κ3) is 3.48. The molecule has 1 heterocycles. The summed E-state index contributed by atoms with van der Waals surface area (Å²) in [5.41, 5.74) is 7.46. The summed E-state index contributed by atoms with van der Waals surface area (Å²) in [6.07, 6.45) is 2.57. The molecule has 0 aliphatic heterocycles. The molecule has 2 rings (SSSR count). The molecule has 0 unspecified atom stereocenters. The number of aryl methyl sites for hydroxylation is 1. The minimum absolute atomic E-state index is 0.357. The van der Waals surface area contributed by atoms with Gasteiger partial charge in [-0.3, -0.25) is 4.68 Å². The summed E-state index contributed by atoms with van der Waals surface area (Å²) < 4.78 is 13.1. The van der Waals surface area contributed by atoms with Gasteiger partial charge in [-0.25, -0.2) is 0 Å². The highest BCUT2D eigenvalue weighted by Gasteiger charge is 2.11. The Morgan fingerprint density at radius 1 is 1.30 bits per heavy atom. The first-order valence-corrected chi connectivity index (χ1v) is 6.67. The number of benzene rings is 1. The van der Waals surface area contributed by atoms with E-state index in [0.29, 0.717) is 19.8 Å². The highest BCUT2D eigenvalue weighted by molar-refractivity contribution is 5.46. The Labute approximate surface area is 118 Å². The predicted molar refractivity (Wildman–Crippen MR) is 75.7 cm³/mol. The number of rotatable bonds is 7. The summed E-state index contributed by atoms with van der Waals surface area (Å²) in [5, 5.41) is 7.89. The van der Waals surface area contributed by atoms with Crippen molar-refractivity contribution in [1.82, 2.24) is 15.0 Å². The monoisotopic (exact) mass is 276 g/mol. The average molecular weight is 276 g/mol. The van der Waals surface area contributed by atoms with Crippen LogP contribution in [0, 0.1) is 0 Å². The van der Waals surface area contributed by atoms with Gasteiger partial charge in [0.2, 0.25) is 0 Å². The van der Waals surface area contributed by atoms with Gasteiger partial charge >= 0.3 is 0 Å². The maximum absolute atomic E-state index is 5.88. The average Bonchev–Trinajstić information content (AvgIpc) is 2.84. The molecule has 1 aromatic carbocycles. The van der Waals surface area contributed by atoms with Crippen molar-refractivity contribution in [1.29, 1.82) is 0 Å². The van der Waals surface area contributed by atoms with E-state index >= 15 is 0 Å². The number of nitrogens with two attached hydrogens (primary N) is 1. The molecule has 108 valence electrons. The maximum Gasteiger partial charge on any atom is 0.164 e.